The highest BCUT2D eigenvalue weighted by atomic mass is 79.9. The molecule has 2 atom stereocenters. The zero-order chi connectivity index (χ0) is 15.6. The standard InChI is InChI=1S/C17H26BrFN2/c1-5-17(4)11-21(16(9-20-17)12(2)3)10-13-6-7-14(18)8-15(13)19/h6-8,12,16,20H,5,9-11H2,1-4H3. The second-order valence-electron chi connectivity index (χ2n) is 6.75. The van der Waals surface area contributed by atoms with Crippen LogP contribution in [-0.2, 0) is 6.54 Å². The molecule has 0 saturated carbocycles. The average Bonchev–Trinajstić information content (AvgIpc) is 2.42. The molecule has 21 heavy (non-hydrogen) atoms. The minimum Gasteiger partial charge on any atom is -0.309 e. The predicted molar refractivity (Wildman–Crippen MR) is 89.8 cm³/mol. The molecule has 1 fully saturated rings. The van der Waals surface area contributed by atoms with Gasteiger partial charge in [-0.3, -0.25) is 4.90 Å². The molecular weight excluding hydrogens is 331 g/mol. The number of nitrogens with zero attached hydrogens (tertiary/aromatic N) is 1. The number of piperazine rings is 1. The summed E-state index contributed by atoms with van der Waals surface area (Å²) in [6.45, 7) is 11.6. The smallest absolute Gasteiger partial charge is 0.128 e. The first kappa shape index (κ1) is 16.9. The largest absolute Gasteiger partial charge is 0.309 e. The maximum Gasteiger partial charge on any atom is 0.128 e. The lowest BCUT2D eigenvalue weighted by atomic mass is 9.89. The predicted octanol–water partition coefficient (Wildman–Crippen LogP) is 4.19. The van der Waals surface area contributed by atoms with Gasteiger partial charge in [0.15, 0.2) is 0 Å². The van der Waals surface area contributed by atoms with Gasteiger partial charge in [0.1, 0.15) is 5.82 Å². The molecule has 1 aromatic carbocycles. The number of hydrogen-bond donors (Lipinski definition) is 1. The van der Waals surface area contributed by atoms with Crippen LogP contribution in [0.15, 0.2) is 22.7 Å². The van der Waals surface area contributed by atoms with E-state index < -0.39 is 0 Å². The van der Waals surface area contributed by atoms with Crippen LogP contribution in [0.25, 0.3) is 0 Å². The number of halogens is 2. The average molecular weight is 357 g/mol. The SMILES string of the molecule is CCC1(C)CN(Cc2ccc(Br)cc2F)C(C(C)C)CN1. The van der Waals surface area contributed by atoms with Gasteiger partial charge in [0.2, 0.25) is 0 Å². The summed E-state index contributed by atoms with van der Waals surface area (Å²) in [5.41, 5.74) is 0.904. The molecule has 0 aliphatic carbocycles. The van der Waals surface area contributed by atoms with Crippen LogP contribution in [0.4, 0.5) is 4.39 Å². The van der Waals surface area contributed by atoms with Gasteiger partial charge in [-0.2, -0.15) is 0 Å². The highest BCUT2D eigenvalue weighted by molar-refractivity contribution is 9.10. The molecule has 0 amide bonds. The summed E-state index contributed by atoms with van der Waals surface area (Å²) in [7, 11) is 0. The Balaban J connectivity index is 2.19. The second-order valence-corrected chi connectivity index (χ2v) is 7.66. The van der Waals surface area contributed by atoms with Crippen LogP contribution in [0.1, 0.15) is 39.7 Å². The van der Waals surface area contributed by atoms with Crippen LogP contribution in [0.2, 0.25) is 0 Å². The van der Waals surface area contributed by atoms with Gasteiger partial charge in [0.25, 0.3) is 0 Å². The lowest BCUT2D eigenvalue weighted by Gasteiger charge is -2.47. The van der Waals surface area contributed by atoms with Crippen LogP contribution >= 0.6 is 15.9 Å². The van der Waals surface area contributed by atoms with Crippen molar-refractivity contribution in [3.63, 3.8) is 0 Å². The Morgan fingerprint density at radius 2 is 2.19 bits per heavy atom. The molecule has 1 aliphatic rings. The highest BCUT2D eigenvalue weighted by Gasteiger charge is 2.35. The molecule has 4 heteroatoms. The molecule has 2 rings (SSSR count). The van der Waals surface area contributed by atoms with Crippen molar-refractivity contribution in [1.29, 1.82) is 0 Å². The Bertz CT molecular complexity index is 492. The number of nitrogens with one attached hydrogen (secondary N) is 1. The molecule has 1 saturated heterocycles. The Morgan fingerprint density at radius 3 is 2.76 bits per heavy atom. The van der Waals surface area contributed by atoms with Crippen LogP contribution < -0.4 is 5.32 Å². The third kappa shape index (κ3) is 4.05. The maximum absolute atomic E-state index is 14.1. The zero-order valence-corrected chi connectivity index (χ0v) is 15.0. The van der Waals surface area contributed by atoms with Gasteiger partial charge in [0.05, 0.1) is 0 Å². The molecular formula is C17H26BrFN2. The molecule has 1 N–H and O–H groups in total. The van der Waals surface area contributed by atoms with E-state index in [1.807, 2.05) is 12.1 Å². The topological polar surface area (TPSA) is 15.3 Å². The summed E-state index contributed by atoms with van der Waals surface area (Å²) in [6.07, 6.45) is 1.08. The van der Waals surface area contributed by atoms with E-state index in [2.05, 4.69) is 53.8 Å². The summed E-state index contributed by atoms with van der Waals surface area (Å²) in [4.78, 5) is 2.44. The molecule has 0 radical (unpaired) electrons. The molecule has 1 aromatic rings. The second kappa shape index (κ2) is 6.76. The highest BCUT2D eigenvalue weighted by Crippen LogP contribution is 2.26. The van der Waals surface area contributed by atoms with Crippen LogP contribution in [0.5, 0.6) is 0 Å². The van der Waals surface area contributed by atoms with Gasteiger partial charge in [0, 0.05) is 41.3 Å². The van der Waals surface area contributed by atoms with Crippen molar-refractivity contribution in [3.05, 3.63) is 34.1 Å². The molecule has 0 aromatic heterocycles. The van der Waals surface area contributed by atoms with Crippen LogP contribution in [-0.4, -0.2) is 29.6 Å². The maximum atomic E-state index is 14.1. The molecule has 1 aliphatic heterocycles. The fourth-order valence-corrected chi connectivity index (χ4v) is 3.37. The van der Waals surface area contributed by atoms with Crippen molar-refractivity contribution in [1.82, 2.24) is 10.2 Å². The molecule has 0 spiro atoms. The minimum atomic E-state index is -0.122. The fraction of sp³-hybridized carbons (Fsp3) is 0.647. The van der Waals surface area contributed by atoms with E-state index in [9.17, 15) is 4.39 Å². The van der Waals surface area contributed by atoms with Crippen molar-refractivity contribution in [2.24, 2.45) is 5.92 Å². The summed E-state index contributed by atoms with van der Waals surface area (Å²) in [5, 5.41) is 3.67. The van der Waals surface area contributed by atoms with Crippen LogP contribution in [0, 0.1) is 11.7 Å². The summed E-state index contributed by atoms with van der Waals surface area (Å²) < 4.78 is 14.9. The lowest BCUT2D eigenvalue weighted by molar-refractivity contribution is 0.0530. The van der Waals surface area contributed by atoms with Crippen molar-refractivity contribution in [2.75, 3.05) is 13.1 Å². The Labute approximate surface area is 136 Å². The summed E-state index contributed by atoms with van der Waals surface area (Å²) in [5.74, 6) is 0.432. The first-order valence-electron chi connectivity index (χ1n) is 7.77. The Kier molecular flexibility index (Phi) is 5.44. The van der Waals surface area contributed by atoms with Crippen molar-refractivity contribution in [2.45, 2.75) is 52.2 Å². The molecule has 0 bridgehead atoms. The number of rotatable bonds is 4. The van der Waals surface area contributed by atoms with E-state index in [1.54, 1.807) is 6.07 Å². The van der Waals surface area contributed by atoms with E-state index >= 15 is 0 Å². The zero-order valence-electron chi connectivity index (χ0n) is 13.4. The van der Waals surface area contributed by atoms with Gasteiger partial charge >= 0.3 is 0 Å². The lowest BCUT2D eigenvalue weighted by Crippen LogP contribution is -2.63. The van der Waals surface area contributed by atoms with E-state index in [1.165, 1.54) is 0 Å². The van der Waals surface area contributed by atoms with E-state index in [-0.39, 0.29) is 11.4 Å². The van der Waals surface area contributed by atoms with Crippen molar-refractivity contribution < 1.29 is 4.39 Å². The monoisotopic (exact) mass is 356 g/mol. The Hall–Kier alpha value is -0.450. The van der Waals surface area contributed by atoms with E-state index in [0.29, 0.717) is 18.5 Å². The van der Waals surface area contributed by atoms with Gasteiger partial charge in [-0.1, -0.05) is 42.8 Å². The first-order valence-corrected chi connectivity index (χ1v) is 8.57. The third-order valence-corrected chi connectivity index (χ3v) is 5.19. The van der Waals surface area contributed by atoms with Gasteiger partial charge in [-0.05, 0) is 31.4 Å². The fourth-order valence-electron chi connectivity index (χ4n) is 3.04. The first-order chi connectivity index (χ1) is 9.84. The van der Waals surface area contributed by atoms with Gasteiger partial charge in [-0.25, -0.2) is 4.39 Å². The van der Waals surface area contributed by atoms with Gasteiger partial charge < -0.3 is 5.32 Å². The quantitative estimate of drug-likeness (QED) is 0.869. The van der Waals surface area contributed by atoms with Crippen molar-refractivity contribution in [3.8, 4) is 0 Å². The van der Waals surface area contributed by atoms with Crippen LogP contribution in [0.3, 0.4) is 0 Å². The number of benzene rings is 1. The molecule has 118 valence electrons. The number of hydrogen-bond acceptors (Lipinski definition) is 2. The van der Waals surface area contributed by atoms with E-state index in [0.717, 1.165) is 29.5 Å². The summed E-state index contributed by atoms with van der Waals surface area (Å²) in [6, 6.07) is 5.82. The van der Waals surface area contributed by atoms with E-state index in [4.69, 9.17) is 0 Å². The third-order valence-electron chi connectivity index (χ3n) is 4.70. The molecule has 1 heterocycles. The molecule has 2 nitrogen and oxygen atoms in total. The van der Waals surface area contributed by atoms with Crippen molar-refractivity contribution >= 4 is 15.9 Å². The molecule has 2 unspecified atom stereocenters. The van der Waals surface area contributed by atoms with Gasteiger partial charge in [-0.15, -0.1) is 0 Å². The normalized spacial score (nSPS) is 27.3. The summed E-state index contributed by atoms with van der Waals surface area (Å²) >= 11 is 3.32. The Morgan fingerprint density at radius 1 is 1.48 bits per heavy atom. The minimum absolute atomic E-state index is 0.122.